The first-order valence-corrected chi connectivity index (χ1v) is 7.44. The maximum absolute atomic E-state index is 13.7. The molecule has 1 aliphatic rings. The van der Waals surface area contributed by atoms with Gasteiger partial charge in [-0.25, -0.2) is 12.8 Å². The predicted octanol–water partition coefficient (Wildman–Crippen LogP) is 2.01. The Hall–Kier alpha value is -0.400. The minimum absolute atomic E-state index is 0. The summed E-state index contributed by atoms with van der Waals surface area (Å²) in [4.78, 5) is -0.458. The summed E-state index contributed by atoms with van der Waals surface area (Å²) in [5.74, 6) is -0.832. The van der Waals surface area contributed by atoms with Crippen molar-refractivity contribution in [2.75, 3.05) is 13.1 Å². The van der Waals surface area contributed by atoms with Crippen LogP contribution in [0, 0.1) is 5.82 Å². The van der Waals surface area contributed by atoms with Crippen LogP contribution in [0.2, 0.25) is 5.02 Å². The number of halogens is 3. The van der Waals surface area contributed by atoms with E-state index in [1.54, 1.807) is 0 Å². The zero-order valence-electron chi connectivity index (χ0n) is 10.1. The molecule has 2 rings (SSSR count). The van der Waals surface area contributed by atoms with Crippen LogP contribution in [-0.4, -0.2) is 31.9 Å². The summed E-state index contributed by atoms with van der Waals surface area (Å²) in [6.07, 6.45) is 1.45. The summed E-state index contributed by atoms with van der Waals surface area (Å²) in [5, 5.41) is -0.103. The lowest BCUT2D eigenvalue weighted by Crippen LogP contribution is -2.45. The molecule has 4 nitrogen and oxygen atoms in total. The molecule has 1 atom stereocenters. The van der Waals surface area contributed by atoms with Crippen LogP contribution >= 0.6 is 24.0 Å². The highest BCUT2D eigenvalue weighted by Gasteiger charge is 2.32. The zero-order valence-corrected chi connectivity index (χ0v) is 12.4. The van der Waals surface area contributed by atoms with E-state index < -0.39 is 20.7 Å². The van der Waals surface area contributed by atoms with Gasteiger partial charge in [0.05, 0.1) is 5.02 Å². The van der Waals surface area contributed by atoms with Crippen molar-refractivity contribution in [1.82, 2.24) is 4.31 Å². The van der Waals surface area contributed by atoms with Crippen molar-refractivity contribution in [3.05, 3.63) is 29.0 Å². The molecule has 0 bridgehead atoms. The molecule has 108 valence electrons. The number of sulfonamides is 1. The molecule has 2 N–H and O–H groups in total. The molecule has 1 aliphatic heterocycles. The Morgan fingerprint density at radius 1 is 1.42 bits per heavy atom. The minimum Gasteiger partial charge on any atom is -0.327 e. The third-order valence-electron chi connectivity index (χ3n) is 2.94. The van der Waals surface area contributed by atoms with E-state index in [1.807, 2.05) is 0 Å². The van der Waals surface area contributed by atoms with E-state index in [0.29, 0.717) is 13.0 Å². The Labute approximate surface area is 123 Å². The molecule has 19 heavy (non-hydrogen) atoms. The summed E-state index contributed by atoms with van der Waals surface area (Å²) in [7, 11) is -3.91. The van der Waals surface area contributed by atoms with E-state index >= 15 is 0 Å². The molecular formula is C11H15Cl2FN2O2S. The van der Waals surface area contributed by atoms with Gasteiger partial charge in [0.2, 0.25) is 10.0 Å². The van der Waals surface area contributed by atoms with Crippen LogP contribution in [0.25, 0.3) is 0 Å². The van der Waals surface area contributed by atoms with Crippen LogP contribution in [0.4, 0.5) is 4.39 Å². The van der Waals surface area contributed by atoms with Crippen LogP contribution in [0.1, 0.15) is 12.8 Å². The Bertz CT molecular complexity index is 533. The number of rotatable bonds is 2. The molecule has 1 saturated heterocycles. The Kier molecular flexibility index (Phi) is 5.58. The number of piperidine rings is 1. The minimum atomic E-state index is -3.91. The fraction of sp³-hybridized carbons (Fsp3) is 0.455. The normalized spacial score (nSPS) is 20.9. The van der Waals surface area contributed by atoms with Gasteiger partial charge in [-0.1, -0.05) is 17.7 Å². The second-order valence-electron chi connectivity index (χ2n) is 4.32. The first-order chi connectivity index (χ1) is 8.43. The van der Waals surface area contributed by atoms with Crippen LogP contribution in [0.3, 0.4) is 0 Å². The lowest BCUT2D eigenvalue weighted by atomic mass is 10.1. The number of hydrogen-bond donors (Lipinski definition) is 1. The molecule has 1 fully saturated rings. The molecule has 1 heterocycles. The van der Waals surface area contributed by atoms with Gasteiger partial charge >= 0.3 is 0 Å². The number of nitrogens with zero attached hydrogens (tertiary/aromatic N) is 1. The van der Waals surface area contributed by atoms with E-state index in [-0.39, 0.29) is 30.0 Å². The first kappa shape index (κ1) is 16.7. The van der Waals surface area contributed by atoms with E-state index in [4.69, 9.17) is 17.3 Å². The number of hydrogen-bond acceptors (Lipinski definition) is 3. The molecule has 0 spiro atoms. The molecule has 0 aromatic heterocycles. The van der Waals surface area contributed by atoms with Gasteiger partial charge in [0.25, 0.3) is 0 Å². The summed E-state index contributed by atoms with van der Waals surface area (Å²) < 4.78 is 39.5. The van der Waals surface area contributed by atoms with Gasteiger partial charge in [0.15, 0.2) is 0 Å². The average molecular weight is 329 g/mol. The van der Waals surface area contributed by atoms with Gasteiger partial charge < -0.3 is 5.73 Å². The second kappa shape index (κ2) is 6.37. The highest BCUT2D eigenvalue weighted by atomic mass is 35.5. The van der Waals surface area contributed by atoms with Crippen molar-refractivity contribution in [1.29, 1.82) is 0 Å². The summed E-state index contributed by atoms with van der Waals surface area (Å²) in [6.45, 7) is 0.549. The van der Waals surface area contributed by atoms with Crippen molar-refractivity contribution in [3.8, 4) is 0 Å². The Morgan fingerprint density at radius 3 is 2.68 bits per heavy atom. The van der Waals surface area contributed by atoms with Gasteiger partial charge in [-0.15, -0.1) is 12.4 Å². The summed E-state index contributed by atoms with van der Waals surface area (Å²) in [6, 6.07) is 3.61. The predicted molar refractivity (Wildman–Crippen MR) is 74.6 cm³/mol. The fourth-order valence-electron chi connectivity index (χ4n) is 2.05. The molecule has 0 radical (unpaired) electrons. The lowest BCUT2D eigenvalue weighted by Gasteiger charge is -2.30. The van der Waals surface area contributed by atoms with Crippen molar-refractivity contribution in [3.63, 3.8) is 0 Å². The summed E-state index contributed by atoms with van der Waals surface area (Å²) in [5.41, 5.74) is 5.74. The molecule has 8 heteroatoms. The van der Waals surface area contributed by atoms with Crippen molar-refractivity contribution >= 4 is 34.0 Å². The number of nitrogens with two attached hydrogens (primary N) is 1. The SMILES string of the molecule is Cl.NC1CCCN(S(=O)(=O)c2c(F)cccc2Cl)C1. The third-order valence-corrected chi connectivity index (χ3v) is 5.31. The van der Waals surface area contributed by atoms with E-state index in [9.17, 15) is 12.8 Å². The van der Waals surface area contributed by atoms with Gasteiger partial charge in [0.1, 0.15) is 10.7 Å². The van der Waals surface area contributed by atoms with E-state index in [0.717, 1.165) is 12.5 Å². The monoisotopic (exact) mass is 328 g/mol. The average Bonchev–Trinajstić information content (AvgIpc) is 2.28. The fourth-order valence-corrected chi connectivity index (χ4v) is 4.15. The van der Waals surface area contributed by atoms with Gasteiger partial charge in [-0.05, 0) is 25.0 Å². The van der Waals surface area contributed by atoms with Gasteiger partial charge in [-0.2, -0.15) is 4.31 Å². The van der Waals surface area contributed by atoms with Crippen molar-refractivity contribution in [2.45, 2.75) is 23.8 Å². The highest BCUT2D eigenvalue weighted by Crippen LogP contribution is 2.28. The van der Waals surface area contributed by atoms with Crippen molar-refractivity contribution < 1.29 is 12.8 Å². The van der Waals surface area contributed by atoms with Crippen molar-refractivity contribution in [2.24, 2.45) is 5.73 Å². The van der Waals surface area contributed by atoms with E-state index in [1.165, 1.54) is 16.4 Å². The molecule has 1 aromatic rings. The first-order valence-electron chi connectivity index (χ1n) is 5.62. The van der Waals surface area contributed by atoms with Gasteiger partial charge in [0, 0.05) is 19.1 Å². The molecular weight excluding hydrogens is 314 g/mol. The van der Waals surface area contributed by atoms with E-state index in [2.05, 4.69) is 0 Å². The van der Waals surface area contributed by atoms with Crippen LogP contribution in [0.5, 0.6) is 0 Å². The Morgan fingerprint density at radius 2 is 2.11 bits per heavy atom. The van der Waals surface area contributed by atoms with Crippen LogP contribution in [0.15, 0.2) is 23.1 Å². The van der Waals surface area contributed by atoms with Gasteiger partial charge in [-0.3, -0.25) is 0 Å². The van der Waals surface area contributed by atoms with Crippen LogP contribution < -0.4 is 5.73 Å². The second-order valence-corrected chi connectivity index (χ2v) is 6.60. The quantitative estimate of drug-likeness (QED) is 0.903. The smallest absolute Gasteiger partial charge is 0.247 e. The zero-order chi connectivity index (χ0) is 13.3. The molecule has 0 aliphatic carbocycles. The lowest BCUT2D eigenvalue weighted by molar-refractivity contribution is 0.315. The largest absolute Gasteiger partial charge is 0.327 e. The topological polar surface area (TPSA) is 63.4 Å². The summed E-state index contributed by atoms with van der Waals surface area (Å²) >= 11 is 5.79. The Balaban J connectivity index is 0.00000180. The standard InChI is InChI=1S/C11H14ClFN2O2S.ClH/c12-9-4-1-5-10(13)11(9)18(16,17)15-6-2-3-8(14)7-15;/h1,4-5,8H,2-3,6-7,14H2;1H. The maximum Gasteiger partial charge on any atom is 0.247 e. The molecule has 1 aromatic carbocycles. The maximum atomic E-state index is 13.7. The van der Waals surface area contributed by atoms with Crippen LogP contribution in [-0.2, 0) is 10.0 Å². The molecule has 1 unspecified atom stereocenters. The third kappa shape index (κ3) is 3.38. The highest BCUT2D eigenvalue weighted by molar-refractivity contribution is 7.89. The number of benzene rings is 1. The molecule has 0 amide bonds. The molecule has 0 saturated carbocycles.